The van der Waals surface area contributed by atoms with Crippen molar-refractivity contribution in [1.82, 2.24) is 0 Å². The Balaban J connectivity index is 2.17. The first kappa shape index (κ1) is 15.3. The van der Waals surface area contributed by atoms with Crippen molar-refractivity contribution in [3.63, 3.8) is 0 Å². The maximum atomic E-state index is 14.0. The minimum Gasteiger partial charge on any atom is -0.485 e. The van der Waals surface area contributed by atoms with Crippen LogP contribution in [0.25, 0.3) is 0 Å². The molecule has 0 spiro atoms. The van der Waals surface area contributed by atoms with Gasteiger partial charge in [-0.15, -0.1) is 0 Å². The van der Waals surface area contributed by atoms with Crippen LogP contribution in [-0.2, 0) is 5.92 Å². The Bertz CT molecular complexity index is 582. The normalized spacial score (nSPS) is 11.4. The van der Waals surface area contributed by atoms with Gasteiger partial charge in [0.25, 0.3) is 0 Å². The molecule has 0 aromatic heterocycles. The second kappa shape index (κ2) is 6.10. The summed E-state index contributed by atoms with van der Waals surface area (Å²) in [6, 6.07) is 10.8. The third-order valence-electron chi connectivity index (χ3n) is 2.61. The van der Waals surface area contributed by atoms with E-state index in [0.717, 1.165) is 0 Å². The van der Waals surface area contributed by atoms with Crippen molar-refractivity contribution in [2.24, 2.45) is 0 Å². The lowest BCUT2D eigenvalue weighted by molar-refractivity contribution is -0.0470. The summed E-state index contributed by atoms with van der Waals surface area (Å²) in [7, 11) is 0. The lowest BCUT2D eigenvalue weighted by atomic mass is 10.1. The zero-order valence-electron chi connectivity index (χ0n) is 10.2. The third kappa shape index (κ3) is 3.49. The Kier molecular flexibility index (Phi) is 4.65. The number of anilines is 1. The smallest absolute Gasteiger partial charge is 0.306 e. The van der Waals surface area contributed by atoms with Crippen molar-refractivity contribution in [3.8, 4) is 5.75 Å². The van der Waals surface area contributed by atoms with Gasteiger partial charge < -0.3 is 10.5 Å². The van der Waals surface area contributed by atoms with Gasteiger partial charge in [-0.05, 0) is 44.0 Å². The molecule has 2 N–H and O–H groups in total. The van der Waals surface area contributed by atoms with E-state index in [9.17, 15) is 8.78 Å². The van der Waals surface area contributed by atoms with E-state index < -0.39 is 12.5 Å². The van der Waals surface area contributed by atoms with E-state index in [4.69, 9.17) is 10.5 Å². The second-order valence-corrected chi connectivity index (χ2v) is 5.88. The summed E-state index contributed by atoms with van der Waals surface area (Å²) in [5.41, 5.74) is 6.06. The molecular weight excluding hydrogens is 396 g/mol. The van der Waals surface area contributed by atoms with Crippen LogP contribution in [0.5, 0.6) is 5.75 Å². The molecule has 0 radical (unpaired) electrons. The van der Waals surface area contributed by atoms with Gasteiger partial charge in [-0.3, -0.25) is 0 Å². The largest absolute Gasteiger partial charge is 0.485 e. The van der Waals surface area contributed by atoms with Gasteiger partial charge in [-0.25, -0.2) is 0 Å². The topological polar surface area (TPSA) is 35.2 Å². The number of benzene rings is 2. The molecule has 0 heterocycles. The number of halogens is 4. The number of hydrogen-bond donors (Lipinski definition) is 1. The highest BCUT2D eigenvalue weighted by Gasteiger charge is 2.32. The minimum absolute atomic E-state index is 0.0808. The van der Waals surface area contributed by atoms with E-state index in [2.05, 4.69) is 31.9 Å². The van der Waals surface area contributed by atoms with Crippen LogP contribution in [0.2, 0.25) is 0 Å². The molecule has 2 aromatic carbocycles. The summed E-state index contributed by atoms with van der Waals surface area (Å²) in [5.74, 6) is -2.77. The van der Waals surface area contributed by atoms with Crippen LogP contribution in [0.4, 0.5) is 14.5 Å². The average molecular weight is 407 g/mol. The Labute approximate surface area is 132 Å². The summed E-state index contributed by atoms with van der Waals surface area (Å²) in [4.78, 5) is 0. The lowest BCUT2D eigenvalue weighted by Crippen LogP contribution is -2.23. The average Bonchev–Trinajstić information content (AvgIpc) is 2.38. The fraction of sp³-hybridized carbons (Fsp3) is 0.143. The first-order valence-electron chi connectivity index (χ1n) is 5.71. The van der Waals surface area contributed by atoms with Crippen LogP contribution in [0.15, 0.2) is 51.4 Å². The van der Waals surface area contributed by atoms with E-state index in [0.29, 0.717) is 20.4 Å². The van der Waals surface area contributed by atoms with Crippen molar-refractivity contribution < 1.29 is 13.5 Å². The second-order valence-electron chi connectivity index (χ2n) is 4.17. The van der Waals surface area contributed by atoms with Crippen LogP contribution in [0.1, 0.15) is 5.56 Å². The highest BCUT2D eigenvalue weighted by Crippen LogP contribution is 2.37. The van der Waals surface area contributed by atoms with Crippen LogP contribution in [0, 0.1) is 0 Å². The lowest BCUT2D eigenvalue weighted by Gasteiger charge is -2.19. The van der Waals surface area contributed by atoms with Crippen molar-refractivity contribution in [2.75, 3.05) is 12.3 Å². The predicted molar refractivity (Wildman–Crippen MR) is 82.1 cm³/mol. The number of hydrogen-bond acceptors (Lipinski definition) is 2. The highest BCUT2D eigenvalue weighted by molar-refractivity contribution is 9.11. The van der Waals surface area contributed by atoms with Crippen LogP contribution in [0.3, 0.4) is 0 Å². The molecule has 0 aliphatic carbocycles. The van der Waals surface area contributed by atoms with Crippen molar-refractivity contribution in [2.45, 2.75) is 5.92 Å². The molecule has 6 heteroatoms. The zero-order valence-corrected chi connectivity index (χ0v) is 13.4. The molecule has 0 aliphatic rings. The first-order chi connectivity index (χ1) is 9.40. The van der Waals surface area contributed by atoms with Gasteiger partial charge in [0, 0.05) is 11.3 Å². The molecule has 0 saturated carbocycles. The van der Waals surface area contributed by atoms with E-state index in [1.54, 1.807) is 30.3 Å². The standard InChI is InChI=1S/C14H11Br2F2NO/c15-11-6-10(19)7-12(16)13(11)20-8-14(17,18)9-4-2-1-3-5-9/h1-7H,8,19H2. The number of ether oxygens (including phenoxy) is 1. The summed E-state index contributed by atoms with van der Waals surface area (Å²) in [6.45, 7) is -0.752. The summed E-state index contributed by atoms with van der Waals surface area (Å²) in [5, 5.41) is 0. The Hall–Kier alpha value is -1.14. The van der Waals surface area contributed by atoms with E-state index in [1.165, 1.54) is 12.1 Å². The molecular formula is C14H11Br2F2NO. The fourth-order valence-electron chi connectivity index (χ4n) is 1.65. The summed E-state index contributed by atoms with van der Waals surface area (Å²) in [6.07, 6.45) is 0. The maximum Gasteiger partial charge on any atom is 0.306 e. The zero-order chi connectivity index (χ0) is 14.8. The molecule has 20 heavy (non-hydrogen) atoms. The number of alkyl halides is 2. The highest BCUT2D eigenvalue weighted by atomic mass is 79.9. The molecule has 0 aliphatic heterocycles. The molecule has 2 rings (SSSR count). The summed E-state index contributed by atoms with van der Waals surface area (Å²) < 4.78 is 34.3. The van der Waals surface area contributed by atoms with Crippen LogP contribution >= 0.6 is 31.9 Å². The van der Waals surface area contributed by atoms with Crippen LogP contribution in [-0.4, -0.2) is 6.61 Å². The molecule has 0 fully saturated rings. The molecule has 2 nitrogen and oxygen atoms in total. The number of rotatable bonds is 4. The van der Waals surface area contributed by atoms with E-state index >= 15 is 0 Å². The maximum absolute atomic E-state index is 14.0. The third-order valence-corrected chi connectivity index (χ3v) is 3.79. The quantitative estimate of drug-likeness (QED) is 0.728. The van der Waals surface area contributed by atoms with Crippen molar-refractivity contribution in [1.29, 1.82) is 0 Å². The summed E-state index contributed by atoms with van der Waals surface area (Å²) >= 11 is 6.48. The Morgan fingerprint density at radius 3 is 2.15 bits per heavy atom. The number of nitrogen functional groups attached to an aromatic ring is 1. The van der Waals surface area contributed by atoms with Gasteiger partial charge in [-0.1, -0.05) is 30.3 Å². The molecule has 0 bridgehead atoms. The molecule has 0 atom stereocenters. The van der Waals surface area contributed by atoms with Gasteiger partial charge in [0.2, 0.25) is 0 Å². The van der Waals surface area contributed by atoms with Gasteiger partial charge >= 0.3 is 5.92 Å². The minimum atomic E-state index is -3.07. The molecule has 106 valence electrons. The molecule has 0 saturated heterocycles. The molecule has 0 amide bonds. The Morgan fingerprint density at radius 2 is 1.60 bits per heavy atom. The van der Waals surface area contributed by atoms with Gasteiger partial charge in [0.05, 0.1) is 8.95 Å². The van der Waals surface area contributed by atoms with Crippen molar-refractivity contribution >= 4 is 37.5 Å². The molecule has 0 unspecified atom stereocenters. The van der Waals surface area contributed by atoms with E-state index in [1.807, 2.05) is 0 Å². The monoisotopic (exact) mass is 405 g/mol. The first-order valence-corrected chi connectivity index (χ1v) is 7.29. The van der Waals surface area contributed by atoms with Gasteiger partial charge in [-0.2, -0.15) is 8.78 Å². The SMILES string of the molecule is Nc1cc(Br)c(OCC(F)(F)c2ccccc2)c(Br)c1. The van der Waals surface area contributed by atoms with Gasteiger partial charge in [0.1, 0.15) is 5.75 Å². The fourth-order valence-corrected chi connectivity index (χ4v) is 3.10. The Morgan fingerprint density at radius 1 is 1.05 bits per heavy atom. The molecule has 2 aromatic rings. The number of nitrogens with two attached hydrogens (primary N) is 1. The van der Waals surface area contributed by atoms with Crippen molar-refractivity contribution in [3.05, 3.63) is 57.0 Å². The predicted octanol–water partition coefficient (Wildman–Crippen LogP) is 4.96. The van der Waals surface area contributed by atoms with E-state index in [-0.39, 0.29) is 5.56 Å². The van der Waals surface area contributed by atoms with Gasteiger partial charge in [0.15, 0.2) is 6.61 Å². The van der Waals surface area contributed by atoms with Crippen LogP contribution < -0.4 is 10.5 Å².